The molecule has 0 N–H and O–H groups in total. The number of furan rings is 1. The number of rotatable bonds is 4. The molecular weight excluding hydrogens is 655 g/mol. The molecule has 2 heteroatoms. The Bertz CT molecular complexity index is 2810. The lowest BCUT2D eigenvalue weighted by atomic mass is 9.72. The number of fused-ring (bicyclic) bond motifs is 12. The van der Waals surface area contributed by atoms with E-state index in [4.69, 9.17) is 4.42 Å². The number of hydrogen-bond acceptors (Lipinski definition) is 2. The zero-order chi connectivity index (χ0) is 36.3. The van der Waals surface area contributed by atoms with Gasteiger partial charge in [-0.2, -0.15) is 0 Å². The second kappa shape index (κ2) is 11.5. The van der Waals surface area contributed by atoms with Crippen LogP contribution in [0.2, 0.25) is 0 Å². The first kappa shape index (κ1) is 31.9. The lowest BCUT2D eigenvalue weighted by Gasteiger charge is -2.31. The Morgan fingerprint density at radius 1 is 0.519 bits per heavy atom. The van der Waals surface area contributed by atoms with Crippen molar-refractivity contribution < 1.29 is 4.42 Å². The first-order valence-corrected chi connectivity index (χ1v) is 20.0. The Labute approximate surface area is 318 Å². The summed E-state index contributed by atoms with van der Waals surface area (Å²) in [6, 6.07) is 49.9. The fourth-order valence-corrected chi connectivity index (χ4v) is 10.9. The molecule has 7 aromatic carbocycles. The molecule has 0 unspecified atom stereocenters. The summed E-state index contributed by atoms with van der Waals surface area (Å²) in [6.07, 6.45) is 6.44. The van der Waals surface area contributed by atoms with Gasteiger partial charge in [0.1, 0.15) is 5.58 Å². The van der Waals surface area contributed by atoms with Crippen molar-refractivity contribution in [2.45, 2.75) is 76.5 Å². The lowest BCUT2D eigenvalue weighted by Crippen LogP contribution is -2.24. The van der Waals surface area contributed by atoms with E-state index in [-0.39, 0.29) is 10.8 Å². The predicted molar refractivity (Wildman–Crippen MR) is 227 cm³/mol. The number of hydrogen-bond donors (Lipinski definition) is 0. The highest BCUT2D eigenvalue weighted by Gasteiger charge is 2.46. The van der Waals surface area contributed by atoms with Crippen molar-refractivity contribution in [3.63, 3.8) is 0 Å². The van der Waals surface area contributed by atoms with Gasteiger partial charge in [-0.3, -0.25) is 0 Å². The van der Waals surface area contributed by atoms with Gasteiger partial charge in [0.2, 0.25) is 0 Å². The molecule has 11 rings (SSSR count). The molecular formula is C52H45NO. The van der Waals surface area contributed by atoms with Crippen molar-refractivity contribution in [2.75, 3.05) is 4.90 Å². The van der Waals surface area contributed by atoms with Crippen molar-refractivity contribution in [3.8, 4) is 22.3 Å². The zero-order valence-electron chi connectivity index (χ0n) is 31.7. The summed E-state index contributed by atoms with van der Waals surface area (Å²) >= 11 is 0. The van der Waals surface area contributed by atoms with Gasteiger partial charge in [-0.1, -0.05) is 150 Å². The fourth-order valence-electron chi connectivity index (χ4n) is 10.9. The largest absolute Gasteiger partial charge is 0.454 e. The van der Waals surface area contributed by atoms with Crippen LogP contribution in [0, 0.1) is 0 Å². The molecule has 0 aliphatic heterocycles. The van der Waals surface area contributed by atoms with E-state index in [0.29, 0.717) is 5.92 Å². The van der Waals surface area contributed by atoms with Gasteiger partial charge >= 0.3 is 0 Å². The highest BCUT2D eigenvalue weighted by atomic mass is 16.3. The average molecular weight is 700 g/mol. The molecule has 54 heavy (non-hydrogen) atoms. The van der Waals surface area contributed by atoms with E-state index in [1.807, 2.05) is 0 Å². The number of anilines is 3. The van der Waals surface area contributed by atoms with Gasteiger partial charge in [0.25, 0.3) is 0 Å². The minimum atomic E-state index is -0.205. The third-order valence-corrected chi connectivity index (χ3v) is 13.4. The van der Waals surface area contributed by atoms with Crippen LogP contribution in [0.3, 0.4) is 0 Å². The van der Waals surface area contributed by atoms with E-state index >= 15 is 0 Å². The molecule has 1 fully saturated rings. The Morgan fingerprint density at radius 3 is 2.02 bits per heavy atom. The molecule has 1 heterocycles. The van der Waals surface area contributed by atoms with E-state index in [0.717, 1.165) is 28.2 Å². The van der Waals surface area contributed by atoms with Crippen molar-refractivity contribution in [3.05, 3.63) is 161 Å². The standard InChI is InChI=1S/C52H45NO/c1-51(2)43-30-25-33-17-11-12-20-36(33)46(43)42-29-28-39-38-27-26-35(31-44(38)52(3,4)47(39)48(42)51)53(34-18-9-6-10-19-34)45-24-14-23-41-40-22-13-21-37(49(40)54-50(41)45)32-15-7-5-8-16-32/h6,9-14,17-32H,5,7-8,15-16H2,1-4H3. The zero-order valence-corrected chi connectivity index (χ0v) is 31.7. The molecule has 0 saturated heterocycles. The Balaban J connectivity index is 1.09. The van der Waals surface area contributed by atoms with E-state index in [9.17, 15) is 0 Å². The molecule has 8 aromatic rings. The summed E-state index contributed by atoms with van der Waals surface area (Å²) in [4.78, 5) is 2.42. The van der Waals surface area contributed by atoms with Crippen LogP contribution >= 0.6 is 0 Å². The predicted octanol–water partition coefficient (Wildman–Crippen LogP) is 14.9. The number of nitrogens with zero attached hydrogens (tertiary/aromatic N) is 1. The molecule has 0 radical (unpaired) electrons. The first-order valence-electron chi connectivity index (χ1n) is 20.0. The van der Waals surface area contributed by atoms with Crippen molar-refractivity contribution in [1.82, 2.24) is 0 Å². The van der Waals surface area contributed by atoms with E-state index < -0.39 is 0 Å². The third kappa shape index (κ3) is 4.34. The van der Waals surface area contributed by atoms with Gasteiger partial charge in [0, 0.05) is 33.0 Å². The summed E-state index contributed by atoms with van der Waals surface area (Å²) < 4.78 is 7.07. The first-order chi connectivity index (χ1) is 26.3. The SMILES string of the molecule is CC1(C)c2cc(N(c3ccccc3)c3cccc4c3oc3c(C5CCCCC5)cccc34)ccc2-c2ccc3c(c21)C(C)(C)c1ccc2ccccc2c1-3. The van der Waals surface area contributed by atoms with Gasteiger partial charge in [-0.05, 0) is 110 Å². The highest BCUT2D eigenvalue weighted by Crippen LogP contribution is 2.60. The van der Waals surface area contributed by atoms with Crippen LogP contribution in [0.4, 0.5) is 17.1 Å². The third-order valence-electron chi connectivity index (χ3n) is 13.4. The molecule has 0 spiro atoms. The summed E-state index contributed by atoms with van der Waals surface area (Å²) in [5.74, 6) is 0.565. The van der Waals surface area contributed by atoms with Crippen molar-refractivity contribution >= 4 is 49.8 Å². The maximum atomic E-state index is 7.07. The second-order valence-electron chi connectivity index (χ2n) is 17.1. The Kier molecular flexibility index (Phi) is 6.76. The van der Waals surface area contributed by atoms with Gasteiger partial charge in [0.15, 0.2) is 5.58 Å². The van der Waals surface area contributed by atoms with Gasteiger partial charge in [-0.15, -0.1) is 0 Å². The normalized spacial score (nSPS) is 16.7. The van der Waals surface area contributed by atoms with E-state index in [2.05, 4.69) is 166 Å². The molecule has 2 nitrogen and oxygen atoms in total. The van der Waals surface area contributed by atoms with Gasteiger partial charge < -0.3 is 9.32 Å². The van der Waals surface area contributed by atoms with Crippen LogP contribution in [-0.2, 0) is 10.8 Å². The van der Waals surface area contributed by atoms with E-state index in [1.165, 1.54) is 104 Å². The average Bonchev–Trinajstić information content (AvgIpc) is 3.79. The molecule has 3 aliphatic carbocycles. The minimum absolute atomic E-state index is 0.119. The van der Waals surface area contributed by atoms with Crippen molar-refractivity contribution in [1.29, 1.82) is 0 Å². The summed E-state index contributed by atoms with van der Waals surface area (Å²) in [6.45, 7) is 9.75. The van der Waals surface area contributed by atoms with Crippen molar-refractivity contribution in [2.24, 2.45) is 0 Å². The minimum Gasteiger partial charge on any atom is -0.454 e. The monoisotopic (exact) mass is 699 g/mol. The highest BCUT2D eigenvalue weighted by molar-refractivity contribution is 6.11. The number of para-hydroxylation sites is 3. The van der Waals surface area contributed by atoms with Gasteiger partial charge in [-0.25, -0.2) is 0 Å². The summed E-state index contributed by atoms with van der Waals surface area (Å²) in [5.41, 5.74) is 17.7. The second-order valence-corrected chi connectivity index (χ2v) is 17.1. The quantitative estimate of drug-likeness (QED) is 0.182. The van der Waals surface area contributed by atoms with Gasteiger partial charge in [0.05, 0.1) is 5.69 Å². The maximum Gasteiger partial charge on any atom is 0.159 e. The lowest BCUT2D eigenvalue weighted by molar-refractivity contribution is 0.442. The Hall–Kier alpha value is -5.60. The number of benzene rings is 7. The maximum absolute atomic E-state index is 7.07. The van der Waals surface area contributed by atoms with Crippen LogP contribution < -0.4 is 4.90 Å². The van der Waals surface area contributed by atoms with Crippen LogP contribution in [0.15, 0.2) is 138 Å². The topological polar surface area (TPSA) is 16.4 Å². The molecule has 1 saturated carbocycles. The van der Waals surface area contributed by atoms with Crippen LogP contribution in [0.5, 0.6) is 0 Å². The molecule has 1 aromatic heterocycles. The fraction of sp³-hybridized carbons (Fsp3) is 0.231. The summed E-state index contributed by atoms with van der Waals surface area (Å²) in [7, 11) is 0. The van der Waals surface area contributed by atoms with Crippen LogP contribution in [0.1, 0.15) is 93.5 Å². The molecule has 0 bridgehead atoms. The molecule has 0 atom stereocenters. The van der Waals surface area contributed by atoms with Crippen LogP contribution in [-0.4, -0.2) is 0 Å². The molecule has 264 valence electrons. The smallest absolute Gasteiger partial charge is 0.159 e. The molecule has 3 aliphatic rings. The summed E-state index contributed by atoms with van der Waals surface area (Å²) in [5, 5.41) is 5.05. The Morgan fingerprint density at radius 2 is 1.19 bits per heavy atom. The van der Waals surface area contributed by atoms with Crippen LogP contribution in [0.25, 0.3) is 55.0 Å². The molecule has 0 amide bonds. The van der Waals surface area contributed by atoms with E-state index in [1.54, 1.807) is 0 Å².